The first-order valence-corrected chi connectivity index (χ1v) is 13.3. The second kappa shape index (κ2) is 7.24. The molecule has 184 valence electrons. The van der Waals surface area contributed by atoms with Crippen LogP contribution in [-0.2, 0) is 0 Å². The zero-order valence-electron chi connectivity index (χ0n) is 20.9. The number of aromatic nitrogens is 2. The quantitative estimate of drug-likeness (QED) is 0.290. The highest BCUT2D eigenvalue weighted by Crippen LogP contribution is 2.43. The van der Waals surface area contributed by atoms with Crippen molar-refractivity contribution >= 4 is 57.2 Å². The van der Waals surface area contributed by atoms with E-state index in [1.807, 2.05) is 72.8 Å². The number of nitrogens with zero attached hydrogens (tertiary/aromatic N) is 2. The van der Waals surface area contributed by atoms with Crippen LogP contribution in [0.25, 0.3) is 11.0 Å². The maximum Gasteiger partial charge on any atom is 0.262 e. The third kappa shape index (κ3) is 2.51. The van der Waals surface area contributed by atoms with Gasteiger partial charge in [-0.2, -0.15) is 0 Å². The highest BCUT2D eigenvalue weighted by molar-refractivity contribution is 6.99. The lowest BCUT2D eigenvalue weighted by molar-refractivity contribution is 0.443. The van der Waals surface area contributed by atoms with Crippen LogP contribution in [0.2, 0.25) is 0 Å². The molecular weight excluding hydrogens is 498 g/mol. The van der Waals surface area contributed by atoms with Crippen molar-refractivity contribution in [3.63, 3.8) is 0 Å². The van der Waals surface area contributed by atoms with Gasteiger partial charge in [-0.25, -0.2) is 9.97 Å². The molecule has 0 atom stereocenters. The van der Waals surface area contributed by atoms with E-state index in [0.29, 0.717) is 34.3 Å². The molecule has 4 aromatic carbocycles. The summed E-state index contributed by atoms with van der Waals surface area (Å²) < 4.78 is 26.2. The molecule has 4 aliphatic heterocycles. The SMILES string of the molecule is c1ccc2c(c1)Oc1nc3c4c5c(nc3c3c1B2c1ccccc1O3)Oc1ccccc1B5c1ccccc1O4. The third-order valence-corrected chi connectivity index (χ3v) is 8.37. The minimum atomic E-state index is -0.0953. The molecule has 0 spiro atoms. The Bertz CT molecular complexity index is 1940. The molecule has 0 fully saturated rings. The maximum atomic E-state index is 6.63. The van der Waals surface area contributed by atoms with Gasteiger partial charge in [0, 0.05) is 10.9 Å². The topological polar surface area (TPSA) is 62.7 Å². The van der Waals surface area contributed by atoms with Gasteiger partial charge in [0.25, 0.3) is 13.4 Å². The Morgan fingerprint density at radius 2 is 0.725 bits per heavy atom. The molecule has 40 heavy (non-hydrogen) atoms. The van der Waals surface area contributed by atoms with Gasteiger partial charge in [-0.15, -0.1) is 0 Å². The lowest BCUT2D eigenvalue weighted by atomic mass is 9.34. The number of pyridine rings is 2. The lowest BCUT2D eigenvalue weighted by Crippen LogP contribution is -2.58. The molecule has 8 heteroatoms. The fourth-order valence-corrected chi connectivity index (χ4v) is 6.70. The number of rotatable bonds is 0. The number of hydrogen-bond acceptors (Lipinski definition) is 6. The molecule has 6 nitrogen and oxygen atoms in total. The van der Waals surface area contributed by atoms with Crippen LogP contribution in [0.1, 0.15) is 0 Å². The summed E-state index contributed by atoms with van der Waals surface area (Å²) in [6.07, 6.45) is 0. The van der Waals surface area contributed by atoms with E-state index in [2.05, 4.69) is 24.3 Å². The summed E-state index contributed by atoms with van der Waals surface area (Å²) in [4.78, 5) is 10.2. The molecule has 10 rings (SSSR count). The van der Waals surface area contributed by atoms with Crippen LogP contribution in [-0.4, -0.2) is 23.4 Å². The molecule has 0 amide bonds. The van der Waals surface area contributed by atoms with Gasteiger partial charge in [0.05, 0.1) is 0 Å². The van der Waals surface area contributed by atoms with Crippen LogP contribution in [0.15, 0.2) is 97.1 Å². The second-order valence-corrected chi connectivity index (χ2v) is 10.4. The molecule has 2 aromatic heterocycles. The fraction of sp³-hybridized carbons (Fsp3) is 0. The van der Waals surface area contributed by atoms with E-state index in [9.17, 15) is 0 Å². The second-order valence-electron chi connectivity index (χ2n) is 10.4. The minimum absolute atomic E-state index is 0.0953. The van der Waals surface area contributed by atoms with E-state index >= 15 is 0 Å². The van der Waals surface area contributed by atoms with E-state index in [1.54, 1.807) is 0 Å². The fourth-order valence-electron chi connectivity index (χ4n) is 6.70. The predicted octanol–water partition coefficient (Wildman–Crippen LogP) is 3.09. The molecule has 6 aromatic rings. The number of benzene rings is 4. The van der Waals surface area contributed by atoms with Crippen LogP contribution < -0.4 is 51.7 Å². The Morgan fingerprint density at radius 3 is 1.10 bits per heavy atom. The summed E-state index contributed by atoms with van der Waals surface area (Å²) in [5, 5.41) is 0. The Hall–Kier alpha value is -5.23. The monoisotopic (exact) mass is 514 g/mol. The van der Waals surface area contributed by atoms with Gasteiger partial charge in [0.15, 0.2) is 11.5 Å². The maximum absolute atomic E-state index is 6.63. The zero-order chi connectivity index (χ0) is 25.9. The van der Waals surface area contributed by atoms with E-state index < -0.39 is 0 Å². The zero-order valence-corrected chi connectivity index (χ0v) is 20.9. The average Bonchev–Trinajstić information content (AvgIpc) is 3.01. The number of para-hydroxylation sites is 4. The van der Waals surface area contributed by atoms with Gasteiger partial charge >= 0.3 is 0 Å². The third-order valence-electron chi connectivity index (χ3n) is 8.37. The standard InChI is InChI=1S/C32H16B2N2O4/c1-5-13-21-17(9-1)33-19-11-3-7-15-23(19)39-31-25(33)29(37-21)27-28(35-31)30-26-32(36-27)40-24-16-8-4-12-20(24)34(26)18-10-2-6-14-22(18)38-30/h1-16H. The van der Waals surface area contributed by atoms with Crippen LogP contribution in [0, 0.1) is 0 Å². The molecule has 0 unspecified atom stereocenters. The van der Waals surface area contributed by atoms with Crippen LogP contribution in [0.4, 0.5) is 0 Å². The lowest BCUT2D eigenvalue weighted by Gasteiger charge is -2.35. The summed E-state index contributed by atoms with van der Waals surface area (Å²) in [5.41, 5.74) is 7.21. The normalized spacial score (nSPS) is 14.2. The van der Waals surface area contributed by atoms with E-state index in [0.717, 1.165) is 55.8 Å². The molecule has 0 N–H and O–H groups in total. The summed E-state index contributed by atoms with van der Waals surface area (Å²) >= 11 is 0. The molecule has 0 radical (unpaired) electrons. The molecule has 0 saturated carbocycles. The Kier molecular flexibility index (Phi) is 3.75. The first kappa shape index (κ1) is 20.7. The first-order valence-electron chi connectivity index (χ1n) is 13.3. The van der Waals surface area contributed by atoms with Gasteiger partial charge in [0.2, 0.25) is 11.8 Å². The van der Waals surface area contributed by atoms with Crippen molar-refractivity contribution < 1.29 is 18.9 Å². The van der Waals surface area contributed by atoms with Crippen molar-refractivity contribution in [3.05, 3.63) is 97.1 Å². The smallest absolute Gasteiger partial charge is 0.262 e. The van der Waals surface area contributed by atoms with Crippen molar-refractivity contribution in [1.82, 2.24) is 9.97 Å². The summed E-state index contributed by atoms with van der Waals surface area (Å²) in [5.74, 6) is 5.42. The minimum Gasteiger partial charge on any atom is -0.456 e. The van der Waals surface area contributed by atoms with Gasteiger partial charge in [0.1, 0.15) is 34.0 Å². The average molecular weight is 514 g/mol. The Morgan fingerprint density at radius 1 is 0.400 bits per heavy atom. The number of fused-ring (bicyclic) bond motifs is 11. The summed E-state index contributed by atoms with van der Waals surface area (Å²) in [6, 6.07) is 32.5. The molecule has 6 heterocycles. The first-order chi connectivity index (χ1) is 19.8. The van der Waals surface area contributed by atoms with Crippen molar-refractivity contribution in [2.75, 3.05) is 0 Å². The molecule has 0 saturated heterocycles. The van der Waals surface area contributed by atoms with Gasteiger partial charge in [-0.05, 0) is 46.1 Å². The molecule has 4 aliphatic rings. The van der Waals surface area contributed by atoms with Crippen molar-refractivity contribution in [2.24, 2.45) is 0 Å². The summed E-state index contributed by atoms with van der Waals surface area (Å²) in [6.45, 7) is -0.191. The largest absolute Gasteiger partial charge is 0.456 e. The molecular formula is C32H16B2N2O4. The van der Waals surface area contributed by atoms with E-state index in [-0.39, 0.29) is 13.4 Å². The highest BCUT2D eigenvalue weighted by atomic mass is 16.5. The number of ether oxygens (including phenoxy) is 4. The van der Waals surface area contributed by atoms with Crippen LogP contribution >= 0.6 is 0 Å². The highest BCUT2D eigenvalue weighted by Gasteiger charge is 2.46. The van der Waals surface area contributed by atoms with E-state index in [1.165, 1.54) is 0 Å². The van der Waals surface area contributed by atoms with Crippen molar-refractivity contribution in [2.45, 2.75) is 0 Å². The Labute approximate surface area is 229 Å². The van der Waals surface area contributed by atoms with Crippen molar-refractivity contribution in [3.8, 4) is 46.3 Å². The Balaban J connectivity index is 1.32. The van der Waals surface area contributed by atoms with Gasteiger partial charge in [-0.3, -0.25) is 0 Å². The van der Waals surface area contributed by atoms with Crippen LogP contribution in [0.5, 0.6) is 46.3 Å². The molecule has 0 aliphatic carbocycles. The molecule has 0 bridgehead atoms. The van der Waals surface area contributed by atoms with Crippen LogP contribution in [0.3, 0.4) is 0 Å². The predicted molar refractivity (Wildman–Crippen MR) is 155 cm³/mol. The van der Waals surface area contributed by atoms with Gasteiger partial charge in [-0.1, -0.05) is 72.8 Å². The van der Waals surface area contributed by atoms with E-state index in [4.69, 9.17) is 28.9 Å². The number of hydrogen-bond donors (Lipinski definition) is 0. The van der Waals surface area contributed by atoms with Crippen molar-refractivity contribution in [1.29, 1.82) is 0 Å². The summed E-state index contributed by atoms with van der Waals surface area (Å²) in [7, 11) is 0. The van der Waals surface area contributed by atoms with Gasteiger partial charge < -0.3 is 18.9 Å².